The molecule has 0 spiro atoms. The summed E-state index contributed by atoms with van der Waals surface area (Å²) in [6, 6.07) is 8.67. The van der Waals surface area contributed by atoms with Crippen LogP contribution in [0.5, 0.6) is 0 Å². The first-order valence-corrected chi connectivity index (χ1v) is 8.03. The Bertz CT molecular complexity index is 347. The molecular weight excluding hydrogens is 238 g/mol. The summed E-state index contributed by atoms with van der Waals surface area (Å²) in [5, 5.41) is 0. The first kappa shape index (κ1) is 15.6. The van der Waals surface area contributed by atoms with Gasteiger partial charge in [-0.25, -0.2) is 0 Å². The SMILES string of the molecule is Cc1ccccc1CSCCCCC(C)(C)CN. The van der Waals surface area contributed by atoms with E-state index < -0.39 is 0 Å². The van der Waals surface area contributed by atoms with Crippen LogP contribution in [0.25, 0.3) is 0 Å². The molecule has 0 aliphatic heterocycles. The number of hydrogen-bond acceptors (Lipinski definition) is 2. The molecule has 0 atom stereocenters. The van der Waals surface area contributed by atoms with E-state index in [1.54, 1.807) is 0 Å². The Balaban J connectivity index is 2.11. The first-order chi connectivity index (χ1) is 8.55. The third-order valence-electron chi connectivity index (χ3n) is 3.46. The zero-order valence-corrected chi connectivity index (χ0v) is 12.9. The molecule has 0 amide bonds. The largest absolute Gasteiger partial charge is 0.330 e. The van der Waals surface area contributed by atoms with Crippen LogP contribution in [0.3, 0.4) is 0 Å². The van der Waals surface area contributed by atoms with Crippen LogP contribution in [0.15, 0.2) is 24.3 Å². The molecule has 0 aliphatic carbocycles. The van der Waals surface area contributed by atoms with Crippen LogP contribution in [0.2, 0.25) is 0 Å². The molecular formula is C16H27NS. The second-order valence-electron chi connectivity index (χ2n) is 5.80. The highest BCUT2D eigenvalue weighted by Gasteiger charge is 2.14. The summed E-state index contributed by atoms with van der Waals surface area (Å²) in [5.41, 5.74) is 8.94. The van der Waals surface area contributed by atoms with Crippen molar-refractivity contribution in [3.05, 3.63) is 35.4 Å². The minimum Gasteiger partial charge on any atom is -0.330 e. The zero-order chi connectivity index (χ0) is 13.4. The minimum atomic E-state index is 0.320. The third-order valence-corrected chi connectivity index (χ3v) is 4.56. The average molecular weight is 265 g/mol. The fourth-order valence-corrected chi connectivity index (χ4v) is 2.96. The molecule has 0 unspecified atom stereocenters. The van der Waals surface area contributed by atoms with Crippen molar-refractivity contribution in [2.24, 2.45) is 11.1 Å². The third kappa shape index (κ3) is 5.92. The highest BCUT2D eigenvalue weighted by Crippen LogP contribution is 2.23. The molecule has 1 rings (SSSR count). The summed E-state index contributed by atoms with van der Waals surface area (Å²) in [4.78, 5) is 0. The molecule has 0 aromatic heterocycles. The Kier molecular flexibility index (Phi) is 6.80. The monoisotopic (exact) mass is 265 g/mol. The van der Waals surface area contributed by atoms with Gasteiger partial charge in [0.1, 0.15) is 0 Å². The lowest BCUT2D eigenvalue weighted by molar-refractivity contribution is 0.336. The van der Waals surface area contributed by atoms with E-state index in [-0.39, 0.29) is 0 Å². The molecule has 0 saturated carbocycles. The molecule has 102 valence electrons. The normalized spacial score (nSPS) is 11.8. The Morgan fingerprint density at radius 1 is 1.17 bits per heavy atom. The maximum Gasteiger partial charge on any atom is 0.0187 e. The zero-order valence-electron chi connectivity index (χ0n) is 12.0. The number of unbranched alkanes of at least 4 members (excludes halogenated alkanes) is 1. The van der Waals surface area contributed by atoms with E-state index in [0.29, 0.717) is 5.41 Å². The van der Waals surface area contributed by atoms with Gasteiger partial charge in [-0.15, -0.1) is 0 Å². The van der Waals surface area contributed by atoms with Gasteiger partial charge in [-0.05, 0) is 48.6 Å². The molecule has 0 fully saturated rings. The van der Waals surface area contributed by atoms with Gasteiger partial charge in [0.15, 0.2) is 0 Å². The van der Waals surface area contributed by atoms with Gasteiger partial charge in [-0.2, -0.15) is 11.8 Å². The predicted molar refractivity (Wildman–Crippen MR) is 84.0 cm³/mol. The summed E-state index contributed by atoms with van der Waals surface area (Å²) in [6.45, 7) is 7.50. The molecule has 18 heavy (non-hydrogen) atoms. The van der Waals surface area contributed by atoms with Crippen LogP contribution in [-0.2, 0) is 5.75 Å². The number of benzene rings is 1. The summed E-state index contributed by atoms with van der Waals surface area (Å²) in [7, 11) is 0. The number of rotatable bonds is 8. The summed E-state index contributed by atoms with van der Waals surface area (Å²) >= 11 is 2.05. The molecule has 2 N–H and O–H groups in total. The van der Waals surface area contributed by atoms with Crippen molar-refractivity contribution in [1.82, 2.24) is 0 Å². The van der Waals surface area contributed by atoms with Crippen LogP contribution in [-0.4, -0.2) is 12.3 Å². The van der Waals surface area contributed by atoms with E-state index in [9.17, 15) is 0 Å². The number of hydrogen-bond donors (Lipinski definition) is 1. The number of thioether (sulfide) groups is 1. The molecule has 0 heterocycles. The van der Waals surface area contributed by atoms with Gasteiger partial charge in [-0.1, -0.05) is 44.5 Å². The quantitative estimate of drug-likeness (QED) is 0.706. The lowest BCUT2D eigenvalue weighted by atomic mass is 9.88. The maximum absolute atomic E-state index is 5.73. The van der Waals surface area contributed by atoms with Gasteiger partial charge in [0.05, 0.1) is 0 Å². The fraction of sp³-hybridized carbons (Fsp3) is 0.625. The Morgan fingerprint density at radius 3 is 2.56 bits per heavy atom. The van der Waals surface area contributed by atoms with E-state index in [1.807, 2.05) is 11.8 Å². The van der Waals surface area contributed by atoms with Crippen molar-refractivity contribution in [3.63, 3.8) is 0 Å². The van der Waals surface area contributed by atoms with Gasteiger partial charge in [0.2, 0.25) is 0 Å². The van der Waals surface area contributed by atoms with Crippen LogP contribution < -0.4 is 5.73 Å². The average Bonchev–Trinajstić information content (AvgIpc) is 2.35. The number of nitrogens with two attached hydrogens (primary N) is 1. The molecule has 1 aromatic rings. The van der Waals surface area contributed by atoms with E-state index in [0.717, 1.165) is 12.3 Å². The van der Waals surface area contributed by atoms with Crippen molar-refractivity contribution in [2.45, 2.75) is 45.8 Å². The molecule has 0 aliphatic rings. The van der Waals surface area contributed by atoms with Crippen molar-refractivity contribution in [3.8, 4) is 0 Å². The van der Waals surface area contributed by atoms with Crippen LogP contribution in [0.4, 0.5) is 0 Å². The van der Waals surface area contributed by atoms with Gasteiger partial charge >= 0.3 is 0 Å². The van der Waals surface area contributed by atoms with Crippen LogP contribution in [0, 0.1) is 12.3 Å². The molecule has 0 radical (unpaired) electrons. The van der Waals surface area contributed by atoms with E-state index in [1.165, 1.54) is 36.1 Å². The van der Waals surface area contributed by atoms with E-state index in [4.69, 9.17) is 5.73 Å². The molecule has 1 nitrogen and oxygen atoms in total. The van der Waals surface area contributed by atoms with Crippen molar-refractivity contribution in [2.75, 3.05) is 12.3 Å². The topological polar surface area (TPSA) is 26.0 Å². The lowest BCUT2D eigenvalue weighted by Gasteiger charge is -2.21. The van der Waals surface area contributed by atoms with Crippen molar-refractivity contribution < 1.29 is 0 Å². The predicted octanol–water partition coefficient (Wildman–Crippen LogP) is 4.38. The molecule has 2 heteroatoms. The van der Waals surface area contributed by atoms with E-state index >= 15 is 0 Å². The second-order valence-corrected chi connectivity index (χ2v) is 6.91. The Morgan fingerprint density at radius 2 is 1.89 bits per heavy atom. The van der Waals surface area contributed by atoms with Gasteiger partial charge in [0, 0.05) is 5.75 Å². The molecule has 0 bridgehead atoms. The minimum absolute atomic E-state index is 0.320. The van der Waals surface area contributed by atoms with Crippen molar-refractivity contribution >= 4 is 11.8 Å². The smallest absolute Gasteiger partial charge is 0.0187 e. The first-order valence-electron chi connectivity index (χ1n) is 6.87. The Hall–Kier alpha value is -0.470. The number of aryl methyl sites for hydroxylation is 1. The Labute approximate surface area is 117 Å². The highest BCUT2D eigenvalue weighted by molar-refractivity contribution is 7.98. The maximum atomic E-state index is 5.73. The van der Waals surface area contributed by atoms with Gasteiger partial charge < -0.3 is 5.73 Å². The summed E-state index contributed by atoms with van der Waals surface area (Å²) in [6.07, 6.45) is 3.85. The standard InChI is InChI=1S/C16H27NS/c1-14-8-4-5-9-15(14)12-18-11-7-6-10-16(2,3)13-17/h4-5,8-9H,6-7,10-13,17H2,1-3H3. The van der Waals surface area contributed by atoms with Gasteiger partial charge in [0.25, 0.3) is 0 Å². The highest BCUT2D eigenvalue weighted by atomic mass is 32.2. The van der Waals surface area contributed by atoms with Crippen molar-refractivity contribution in [1.29, 1.82) is 0 Å². The van der Waals surface area contributed by atoms with Gasteiger partial charge in [-0.3, -0.25) is 0 Å². The molecule has 0 saturated heterocycles. The fourth-order valence-electron chi connectivity index (χ4n) is 1.86. The van der Waals surface area contributed by atoms with Crippen LogP contribution >= 0.6 is 11.8 Å². The molecule has 1 aromatic carbocycles. The second kappa shape index (κ2) is 7.85. The summed E-state index contributed by atoms with van der Waals surface area (Å²) in [5.74, 6) is 2.40. The van der Waals surface area contributed by atoms with E-state index in [2.05, 4.69) is 45.0 Å². The summed E-state index contributed by atoms with van der Waals surface area (Å²) < 4.78 is 0. The van der Waals surface area contributed by atoms with Crippen LogP contribution in [0.1, 0.15) is 44.2 Å². The lowest BCUT2D eigenvalue weighted by Crippen LogP contribution is -2.23.